The number of halogens is 3. The number of likely N-dealkylation sites (N-methyl/N-ethyl adjacent to an activating group) is 1. The molecule has 38 heavy (non-hydrogen) atoms. The molecular formula is C26H25BrClFN8O. The van der Waals surface area contributed by atoms with Gasteiger partial charge in [-0.2, -0.15) is 4.98 Å². The summed E-state index contributed by atoms with van der Waals surface area (Å²) in [4.78, 5) is 34.9. The molecule has 0 aliphatic carbocycles. The van der Waals surface area contributed by atoms with E-state index in [1.807, 2.05) is 24.0 Å². The van der Waals surface area contributed by atoms with Crippen LogP contribution in [0.2, 0.25) is 5.02 Å². The van der Waals surface area contributed by atoms with Crippen LogP contribution in [0.1, 0.15) is 15.9 Å². The molecule has 4 heterocycles. The van der Waals surface area contributed by atoms with Gasteiger partial charge in [0, 0.05) is 49.1 Å². The van der Waals surface area contributed by atoms with E-state index in [2.05, 4.69) is 53.1 Å². The van der Waals surface area contributed by atoms with E-state index in [4.69, 9.17) is 11.6 Å². The molecule has 1 N–H and O–H groups in total. The monoisotopic (exact) mass is 598 g/mol. The molecule has 0 unspecified atom stereocenters. The molecule has 1 amide bonds. The van der Waals surface area contributed by atoms with Crippen molar-refractivity contribution in [3.05, 3.63) is 63.0 Å². The van der Waals surface area contributed by atoms with Crippen LogP contribution in [-0.2, 0) is 0 Å². The van der Waals surface area contributed by atoms with Crippen molar-refractivity contribution >= 4 is 68.2 Å². The Labute approximate surface area is 233 Å². The number of anilines is 5. The van der Waals surface area contributed by atoms with Crippen LogP contribution in [0.5, 0.6) is 0 Å². The van der Waals surface area contributed by atoms with E-state index in [1.54, 1.807) is 12.1 Å². The number of benzene rings is 2. The summed E-state index contributed by atoms with van der Waals surface area (Å²) in [5.41, 5.74) is 2.85. The average molecular weight is 600 g/mol. The molecule has 0 spiro atoms. The molecule has 12 heteroatoms. The number of para-hydroxylation sites is 1. The third-order valence-corrected chi connectivity index (χ3v) is 7.91. The highest BCUT2D eigenvalue weighted by molar-refractivity contribution is 9.10. The third kappa shape index (κ3) is 4.28. The first-order valence-corrected chi connectivity index (χ1v) is 13.5. The first-order valence-electron chi connectivity index (χ1n) is 12.3. The van der Waals surface area contributed by atoms with Gasteiger partial charge in [-0.25, -0.2) is 14.3 Å². The molecule has 196 valence electrons. The van der Waals surface area contributed by atoms with Crippen LogP contribution in [0.15, 0.2) is 46.0 Å². The molecule has 2 aromatic carbocycles. The van der Waals surface area contributed by atoms with Crippen LogP contribution in [0, 0.1) is 12.7 Å². The van der Waals surface area contributed by atoms with E-state index in [0.717, 1.165) is 31.7 Å². The number of amides is 1. The lowest BCUT2D eigenvalue weighted by Crippen LogP contribution is -2.51. The van der Waals surface area contributed by atoms with E-state index < -0.39 is 0 Å². The number of aromatic nitrogens is 2. The second kappa shape index (κ2) is 9.79. The topological polar surface area (TPSA) is 80.2 Å². The summed E-state index contributed by atoms with van der Waals surface area (Å²) >= 11 is 9.99. The normalized spacial score (nSPS) is 17.4. The van der Waals surface area contributed by atoms with Gasteiger partial charge < -0.3 is 15.1 Å². The number of aliphatic imine (C=N–C) groups is 1. The number of fused-ring (bicyclic) bond motifs is 3. The van der Waals surface area contributed by atoms with Gasteiger partial charge in [-0.05, 0) is 59.7 Å². The molecule has 6 rings (SSSR count). The Bertz CT molecular complexity index is 1430. The first-order chi connectivity index (χ1) is 18.3. The van der Waals surface area contributed by atoms with Gasteiger partial charge in [0.15, 0.2) is 5.82 Å². The maximum absolute atomic E-state index is 15.2. The summed E-state index contributed by atoms with van der Waals surface area (Å²) in [6, 6.07) is 8.71. The third-order valence-electron chi connectivity index (χ3n) is 6.97. The lowest BCUT2D eigenvalue weighted by molar-refractivity contribution is 0.0999. The first kappa shape index (κ1) is 25.0. The Balaban J connectivity index is 1.31. The van der Waals surface area contributed by atoms with Crippen molar-refractivity contribution in [1.29, 1.82) is 0 Å². The van der Waals surface area contributed by atoms with Gasteiger partial charge in [-0.3, -0.25) is 14.7 Å². The quantitative estimate of drug-likeness (QED) is 0.467. The van der Waals surface area contributed by atoms with E-state index in [1.165, 1.54) is 17.2 Å². The summed E-state index contributed by atoms with van der Waals surface area (Å²) < 4.78 is 15.9. The maximum Gasteiger partial charge on any atom is 0.270 e. The highest BCUT2D eigenvalue weighted by atomic mass is 79.9. The Kier molecular flexibility index (Phi) is 6.45. The predicted molar refractivity (Wildman–Crippen MR) is 152 cm³/mol. The van der Waals surface area contributed by atoms with Gasteiger partial charge in [0.1, 0.15) is 11.4 Å². The number of piperazine rings is 1. The molecule has 1 saturated heterocycles. The Morgan fingerprint density at radius 3 is 2.63 bits per heavy atom. The number of guanidine groups is 1. The van der Waals surface area contributed by atoms with Crippen LogP contribution < -0.4 is 20.0 Å². The molecule has 9 nitrogen and oxygen atoms in total. The van der Waals surface area contributed by atoms with Crippen molar-refractivity contribution in [2.24, 2.45) is 4.99 Å². The van der Waals surface area contributed by atoms with Crippen molar-refractivity contribution in [2.45, 2.75) is 6.92 Å². The lowest BCUT2D eigenvalue weighted by Gasteiger charge is -2.35. The minimum absolute atomic E-state index is 0.265. The number of hydrogen-bond donors (Lipinski definition) is 1. The van der Waals surface area contributed by atoms with E-state index >= 15 is 4.39 Å². The Morgan fingerprint density at radius 2 is 1.89 bits per heavy atom. The fourth-order valence-corrected chi connectivity index (χ4v) is 6.02. The predicted octanol–water partition coefficient (Wildman–Crippen LogP) is 4.67. The van der Waals surface area contributed by atoms with E-state index in [9.17, 15) is 4.79 Å². The number of nitrogens with one attached hydrogen (secondary N) is 1. The molecule has 3 aliphatic rings. The van der Waals surface area contributed by atoms with Gasteiger partial charge in [0.25, 0.3) is 5.91 Å². The van der Waals surface area contributed by atoms with Crippen LogP contribution >= 0.6 is 27.5 Å². The number of rotatable bonds is 4. The average Bonchev–Trinajstić information content (AvgIpc) is 3.36. The fraction of sp³-hybridized carbons (Fsp3) is 0.308. The minimum Gasteiger partial charge on any atom is -0.366 e. The SMILES string of the molecule is Cc1cc(Nc2ncc3c(n2)N2CCN=C2N(c2c(Cl)cccc2Br)C3=O)cc(F)c1N1CCN(C)CC1. The molecule has 3 aliphatic heterocycles. The molecule has 0 radical (unpaired) electrons. The van der Waals surface area contributed by atoms with E-state index in [-0.39, 0.29) is 17.7 Å². The van der Waals surface area contributed by atoms with Gasteiger partial charge in [-0.15, -0.1) is 0 Å². The van der Waals surface area contributed by atoms with Gasteiger partial charge in [-0.1, -0.05) is 17.7 Å². The highest BCUT2D eigenvalue weighted by Crippen LogP contribution is 2.40. The lowest BCUT2D eigenvalue weighted by atomic mass is 10.1. The Morgan fingerprint density at radius 1 is 1.11 bits per heavy atom. The molecule has 0 atom stereocenters. The highest BCUT2D eigenvalue weighted by Gasteiger charge is 2.41. The maximum atomic E-state index is 15.2. The van der Waals surface area contributed by atoms with Crippen LogP contribution in [0.25, 0.3) is 0 Å². The van der Waals surface area contributed by atoms with Crippen molar-refractivity contribution < 1.29 is 9.18 Å². The standard InChI is InChI=1S/C26H25BrClFN8O/c1-15-12-16(13-20(29)21(15)35-10-8-34(2)9-11-35)32-25-31-14-17-23(33-25)36-7-6-30-26(36)37(24(17)38)22-18(27)4-3-5-19(22)28/h3-5,12-14H,6-11H2,1-2H3,(H,31,32,33). The zero-order valence-electron chi connectivity index (χ0n) is 20.9. The molecular weight excluding hydrogens is 575 g/mol. The number of aryl methyl sites for hydroxylation is 1. The van der Waals surface area contributed by atoms with Gasteiger partial charge in [0.2, 0.25) is 11.9 Å². The number of carbonyl (C=O) groups excluding carboxylic acids is 1. The second-order valence-corrected chi connectivity index (χ2v) is 10.8. The van der Waals surface area contributed by atoms with Crippen molar-refractivity contribution in [2.75, 3.05) is 66.3 Å². The summed E-state index contributed by atoms with van der Waals surface area (Å²) in [5, 5.41) is 3.54. The number of nitrogens with zero attached hydrogens (tertiary/aromatic N) is 7. The minimum atomic E-state index is -0.323. The van der Waals surface area contributed by atoms with Crippen LogP contribution in [0.3, 0.4) is 0 Å². The van der Waals surface area contributed by atoms with Crippen LogP contribution in [0.4, 0.5) is 33.2 Å². The second-order valence-electron chi connectivity index (χ2n) is 9.51. The van der Waals surface area contributed by atoms with Gasteiger partial charge >= 0.3 is 0 Å². The zero-order chi connectivity index (χ0) is 26.6. The summed E-state index contributed by atoms with van der Waals surface area (Å²) in [6.07, 6.45) is 1.49. The Hall–Kier alpha value is -3.28. The summed E-state index contributed by atoms with van der Waals surface area (Å²) in [5.74, 6) is 0.561. The van der Waals surface area contributed by atoms with Gasteiger partial charge in [0.05, 0.1) is 22.9 Å². The fourth-order valence-electron chi connectivity index (χ4n) is 5.10. The van der Waals surface area contributed by atoms with Crippen LogP contribution in [-0.4, -0.2) is 73.1 Å². The summed E-state index contributed by atoms with van der Waals surface area (Å²) in [6.45, 7) is 6.32. The molecule has 0 saturated carbocycles. The largest absolute Gasteiger partial charge is 0.366 e. The molecule has 1 fully saturated rings. The molecule has 0 bridgehead atoms. The van der Waals surface area contributed by atoms with E-state index in [0.29, 0.717) is 57.0 Å². The molecule has 1 aromatic heterocycles. The van der Waals surface area contributed by atoms with Crippen molar-refractivity contribution in [3.8, 4) is 0 Å². The molecule has 3 aromatic rings. The smallest absolute Gasteiger partial charge is 0.270 e. The van der Waals surface area contributed by atoms with Crippen molar-refractivity contribution in [1.82, 2.24) is 14.9 Å². The number of carbonyl (C=O) groups is 1. The number of hydrogen-bond acceptors (Lipinski definition) is 8. The van der Waals surface area contributed by atoms with Crippen molar-refractivity contribution in [3.63, 3.8) is 0 Å². The summed E-state index contributed by atoms with van der Waals surface area (Å²) in [7, 11) is 2.07. The zero-order valence-corrected chi connectivity index (χ0v) is 23.2.